The molecule has 1 fully saturated rings. The monoisotopic (exact) mass is 371 g/mol. The van der Waals surface area contributed by atoms with E-state index in [1.165, 1.54) is 17.7 Å². The highest BCUT2D eigenvalue weighted by Crippen LogP contribution is 2.18. The number of hydrogen-bond donors (Lipinski definition) is 1. The second-order valence-electron chi connectivity index (χ2n) is 6.85. The van der Waals surface area contributed by atoms with E-state index in [1.807, 2.05) is 19.1 Å². The highest BCUT2D eigenvalue weighted by atomic mass is 19.1. The molecule has 1 aliphatic rings. The minimum Gasteiger partial charge on any atom is -0.497 e. The molecule has 0 saturated carbocycles. The molecule has 1 N–H and O–H groups in total. The van der Waals surface area contributed by atoms with Crippen LogP contribution < -0.4 is 10.1 Å². The van der Waals surface area contributed by atoms with Crippen LogP contribution in [0, 0.1) is 12.7 Å². The molecule has 3 rings (SSSR count). The number of carbonyl (C=O) groups is 1. The van der Waals surface area contributed by atoms with E-state index in [-0.39, 0.29) is 11.8 Å². The van der Waals surface area contributed by atoms with Gasteiger partial charge in [-0.05, 0) is 48.7 Å². The van der Waals surface area contributed by atoms with Gasteiger partial charge in [0.25, 0.3) is 0 Å². The first-order chi connectivity index (χ1) is 13.0. The fourth-order valence-corrected chi connectivity index (χ4v) is 3.24. The Balaban J connectivity index is 1.55. The van der Waals surface area contributed by atoms with Crippen molar-refractivity contribution >= 4 is 11.7 Å². The molecule has 2 amide bonds. The number of methoxy groups -OCH3 is 1. The van der Waals surface area contributed by atoms with Gasteiger partial charge in [0.15, 0.2) is 0 Å². The molecule has 5 nitrogen and oxygen atoms in total. The Bertz CT molecular complexity index is 779. The summed E-state index contributed by atoms with van der Waals surface area (Å²) in [6.07, 6.45) is 0.908. The van der Waals surface area contributed by atoms with Crippen LogP contribution in [0.1, 0.15) is 17.5 Å². The van der Waals surface area contributed by atoms with Crippen molar-refractivity contribution in [1.82, 2.24) is 9.80 Å². The molecule has 0 bridgehead atoms. The Morgan fingerprint density at radius 1 is 1.11 bits per heavy atom. The number of anilines is 1. The van der Waals surface area contributed by atoms with Gasteiger partial charge in [0, 0.05) is 38.4 Å². The largest absolute Gasteiger partial charge is 0.497 e. The van der Waals surface area contributed by atoms with Gasteiger partial charge in [0.2, 0.25) is 0 Å². The summed E-state index contributed by atoms with van der Waals surface area (Å²) in [5.41, 5.74) is 2.60. The summed E-state index contributed by atoms with van der Waals surface area (Å²) in [4.78, 5) is 16.7. The number of urea groups is 1. The average molecular weight is 371 g/mol. The maximum Gasteiger partial charge on any atom is 0.321 e. The van der Waals surface area contributed by atoms with E-state index < -0.39 is 0 Å². The fourth-order valence-electron chi connectivity index (χ4n) is 3.24. The molecule has 0 unspecified atom stereocenters. The van der Waals surface area contributed by atoms with Crippen molar-refractivity contribution < 1.29 is 13.9 Å². The Morgan fingerprint density at radius 2 is 1.89 bits per heavy atom. The molecule has 144 valence electrons. The fraction of sp³-hybridized carbons (Fsp3) is 0.381. The third-order valence-corrected chi connectivity index (χ3v) is 4.88. The third-order valence-electron chi connectivity index (χ3n) is 4.88. The highest BCUT2D eigenvalue weighted by Gasteiger charge is 2.20. The van der Waals surface area contributed by atoms with Crippen molar-refractivity contribution in [2.24, 2.45) is 0 Å². The van der Waals surface area contributed by atoms with Gasteiger partial charge in [-0.1, -0.05) is 18.2 Å². The summed E-state index contributed by atoms with van der Waals surface area (Å²) in [5, 5.41) is 2.84. The van der Waals surface area contributed by atoms with Crippen molar-refractivity contribution in [2.45, 2.75) is 19.9 Å². The quantitative estimate of drug-likeness (QED) is 0.887. The van der Waals surface area contributed by atoms with Crippen molar-refractivity contribution in [3.8, 4) is 5.75 Å². The van der Waals surface area contributed by atoms with Gasteiger partial charge in [0.1, 0.15) is 11.6 Å². The normalized spacial score (nSPS) is 15.3. The molecule has 2 aromatic carbocycles. The third kappa shape index (κ3) is 5.20. The summed E-state index contributed by atoms with van der Waals surface area (Å²) >= 11 is 0. The summed E-state index contributed by atoms with van der Waals surface area (Å²) < 4.78 is 18.6. The number of halogens is 1. The van der Waals surface area contributed by atoms with Gasteiger partial charge in [-0.15, -0.1) is 0 Å². The molecule has 0 radical (unpaired) electrons. The lowest BCUT2D eigenvalue weighted by Gasteiger charge is -2.23. The van der Waals surface area contributed by atoms with E-state index in [9.17, 15) is 9.18 Å². The van der Waals surface area contributed by atoms with E-state index >= 15 is 0 Å². The summed E-state index contributed by atoms with van der Waals surface area (Å²) in [6, 6.07) is 12.3. The van der Waals surface area contributed by atoms with Crippen LogP contribution in [0.25, 0.3) is 0 Å². The van der Waals surface area contributed by atoms with Crippen LogP contribution in [-0.4, -0.2) is 49.1 Å². The lowest BCUT2D eigenvalue weighted by Crippen LogP contribution is -2.38. The topological polar surface area (TPSA) is 44.8 Å². The predicted octanol–water partition coefficient (Wildman–Crippen LogP) is 3.88. The van der Waals surface area contributed by atoms with Gasteiger partial charge in [-0.3, -0.25) is 4.90 Å². The van der Waals surface area contributed by atoms with E-state index in [2.05, 4.69) is 22.3 Å². The molecule has 27 heavy (non-hydrogen) atoms. The molecule has 1 saturated heterocycles. The van der Waals surface area contributed by atoms with Crippen LogP contribution in [0.5, 0.6) is 5.75 Å². The second-order valence-corrected chi connectivity index (χ2v) is 6.85. The number of rotatable bonds is 4. The zero-order chi connectivity index (χ0) is 19.2. The molecular weight excluding hydrogens is 345 g/mol. The zero-order valence-corrected chi connectivity index (χ0v) is 15.9. The molecule has 2 aromatic rings. The van der Waals surface area contributed by atoms with Crippen LogP contribution in [0.4, 0.5) is 14.9 Å². The standard InChI is InChI=1S/C21H26FN3O2/c1-16-4-7-18(22)14-20(16)23-21(26)25-11-3-10-24(12-13-25)15-17-5-8-19(27-2)9-6-17/h4-9,14H,3,10-13,15H2,1-2H3,(H,23,26). The molecule has 1 heterocycles. The van der Waals surface area contributed by atoms with Crippen LogP contribution in [0.3, 0.4) is 0 Å². The molecule has 1 aliphatic heterocycles. The molecule has 0 aliphatic carbocycles. The van der Waals surface area contributed by atoms with Gasteiger partial charge < -0.3 is 15.0 Å². The summed E-state index contributed by atoms with van der Waals surface area (Å²) in [6.45, 7) is 5.79. The number of aryl methyl sites for hydroxylation is 1. The van der Waals surface area contributed by atoms with E-state index in [0.29, 0.717) is 18.8 Å². The predicted molar refractivity (Wildman–Crippen MR) is 105 cm³/mol. The van der Waals surface area contributed by atoms with Gasteiger partial charge in [0.05, 0.1) is 7.11 Å². The Labute approximate surface area is 159 Å². The first-order valence-electron chi connectivity index (χ1n) is 9.22. The van der Waals surface area contributed by atoms with Gasteiger partial charge in [-0.25, -0.2) is 9.18 Å². The smallest absolute Gasteiger partial charge is 0.321 e. The minimum atomic E-state index is -0.350. The van der Waals surface area contributed by atoms with Crippen molar-refractivity contribution in [3.63, 3.8) is 0 Å². The number of ether oxygens (including phenoxy) is 1. The first kappa shape index (κ1) is 19.2. The number of nitrogens with one attached hydrogen (secondary N) is 1. The number of carbonyl (C=O) groups excluding carboxylic acids is 1. The highest BCUT2D eigenvalue weighted by molar-refractivity contribution is 5.90. The van der Waals surface area contributed by atoms with Crippen LogP contribution in [0.2, 0.25) is 0 Å². The molecular formula is C21H26FN3O2. The first-order valence-corrected chi connectivity index (χ1v) is 9.22. The van der Waals surface area contributed by atoms with Crippen molar-refractivity contribution in [3.05, 3.63) is 59.4 Å². The van der Waals surface area contributed by atoms with E-state index in [0.717, 1.165) is 37.4 Å². The Kier molecular flexibility index (Phi) is 6.29. The van der Waals surface area contributed by atoms with Crippen molar-refractivity contribution in [1.29, 1.82) is 0 Å². The molecule has 6 heteroatoms. The van der Waals surface area contributed by atoms with E-state index in [1.54, 1.807) is 18.1 Å². The Hall–Kier alpha value is -2.60. The van der Waals surface area contributed by atoms with E-state index in [4.69, 9.17) is 4.74 Å². The number of amides is 2. The molecule has 0 atom stereocenters. The zero-order valence-electron chi connectivity index (χ0n) is 15.9. The number of hydrogen-bond acceptors (Lipinski definition) is 3. The maximum absolute atomic E-state index is 13.4. The van der Waals surface area contributed by atoms with Gasteiger partial charge in [-0.2, -0.15) is 0 Å². The molecule has 0 aromatic heterocycles. The SMILES string of the molecule is COc1ccc(CN2CCCN(C(=O)Nc3cc(F)ccc3C)CC2)cc1. The lowest BCUT2D eigenvalue weighted by atomic mass is 10.2. The second kappa shape index (κ2) is 8.86. The Morgan fingerprint density at radius 3 is 2.63 bits per heavy atom. The average Bonchev–Trinajstić information content (AvgIpc) is 2.91. The molecule has 0 spiro atoms. The van der Waals surface area contributed by atoms with Crippen molar-refractivity contribution in [2.75, 3.05) is 38.6 Å². The number of nitrogens with zero attached hydrogens (tertiary/aromatic N) is 2. The van der Waals surface area contributed by atoms with Crippen LogP contribution in [0.15, 0.2) is 42.5 Å². The van der Waals surface area contributed by atoms with Gasteiger partial charge >= 0.3 is 6.03 Å². The van der Waals surface area contributed by atoms with Crippen LogP contribution in [-0.2, 0) is 6.54 Å². The lowest BCUT2D eigenvalue weighted by molar-refractivity contribution is 0.211. The maximum atomic E-state index is 13.4. The summed E-state index contributed by atoms with van der Waals surface area (Å²) in [7, 11) is 1.66. The number of benzene rings is 2. The minimum absolute atomic E-state index is 0.171. The van der Waals surface area contributed by atoms with Crippen LogP contribution >= 0.6 is 0 Å². The summed E-state index contributed by atoms with van der Waals surface area (Å²) in [5.74, 6) is 0.502.